The average molecular weight is 441 g/mol. The van der Waals surface area contributed by atoms with Gasteiger partial charge < -0.3 is 4.90 Å². The minimum absolute atomic E-state index is 0.0247. The zero-order valence-electron chi connectivity index (χ0n) is 15.6. The summed E-state index contributed by atoms with van der Waals surface area (Å²) in [7, 11) is -3.53. The Balaban J connectivity index is 1.57. The molecular formula is C20H22Cl2N2O3S. The smallest absolute Gasteiger partial charge is 0.243 e. The van der Waals surface area contributed by atoms with Crippen molar-refractivity contribution in [3.63, 3.8) is 0 Å². The number of carbonyl (C=O) groups is 1. The van der Waals surface area contributed by atoms with Crippen molar-refractivity contribution in [2.75, 3.05) is 26.2 Å². The fraction of sp³-hybridized carbons (Fsp3) is 0.350. The lowest BCUT2D eigenvalue weighted by atomic mass is 10.1. The van der Waals surface area contributed by atoms with Crippen LogP contribution < -0.4 is 0 Å². The molecule has 1 amide bonds. The third-order valence-electron chi connectivity index (χ3n) is 4.90. The molecule has 0 aliphatic carbocycles. The molecule has 0 bridgehead atoms. The Kier molecular flexibility index (Phi) is 6.65. The molecule has 1 heterocycles. The summed E-state index contributed by atoms with van der Waals surface area (Å²) in [5.74, 6) is -0.0247. The maximum Gasteiger partial charge on any atom is 0.243 e. The topological polar surface area (TPSA) is 57.7 Å². The Morgan fingerprint density at radius 1 is 0.964 bits per heavy atom. The van der Waals surface area contributed by atoms with Gasteiger partial charge >= 0.3 is 0 Å². The van der Waals surface area contributed by atoms with Crippen LogP contribution in [0.5, 0.6) is 0 Å². The quantitative estimate of drug-likeness (QED) is 0.710. The minimum Gasteiger partial charge on any atom is -0.340 e. The van der Waals surface area contributed by atoms with E-state index >= 15 is 0 Å². The Labute approximate surface area is 175 Å². The van der Waals surface area contributed by atoms with Gasteiger partial charge in [-0.2, -0.15) is 4.31 Å². The molecule has 150 valence electrons. The van der Waals surface area contributed by atoms with Gasteiger partial charge in [0, 0.05) is 42.6 Å². The van der Waals surface area contributed by atoms with Crippen molar-refractivity contribution in [1.82, 2.24) is 9.21 Å². The normalized spacial score (nSPS) is 15.6. The van der Waals surface area contributed by atoms with Crippen molar-refractivity contribution in [1.29, 1.82) is 0 Å². The van der Waals surface area contributed by atoms with E-state index in [9.17, 15) is 13.2 Å². The molecular weight excluding hydrogens is 419 g/mol. The van der Waals surface area contributed by atoms with Gasteiger partial charge in [0.25, 0.3) is 0 Å². The molecule has 8 heteroatoms. The number of piperazine rings is 1. The SMILES string of the molecule is Cc1ccc(S(=O)(=O)N2CCN(C(=O)CCc3c(Cl)cccc3Cl)CC2)cc1. The van der Waals surface area contributed by atoms with E-state index in [1.807, 2.05) is 6.92 Å². The first-order valence-corrected chi connectivity index (χ1v) is 11.3. The Morgan fingerprint density at radius 3 is 2.11 bits per heavy atom. The highest BCUT2D eigenvalue weighted by atomic mass is 35.5. The number of benzene rings is 2. The van der Waals surface area contributed by atoms with Gasteiger partial charge in [-0.1, -0.05) is 47.0 Å². The van der Waals surface area contributed by atoms with Crippen LogP contribution in [0.15, 0.2) is 47.4 Å². The second-order valence-electron chi connectivity index (χ2n) is 6.80. The molecule has 28 heavy (non-hydrogen) atoms. The first-order valence-electron chi connectivity index (χ1n) is 9.06. The molecule has 1 aliphatic heterocycles. The number of hydrogen-bond donors (Lipinski definition) is 0. The van der Waals surface area contributed by atoms with E-state index in [0.29, 0.717) is 29.6 Å². The van der Waals surface area contributed by atoms with Crippen molar-refractivity contribution >= 4 is 39.1 Å². The van der Waals surface area contributed by atoms with Gasteiger partial charge in [0.2, 0.25) is 15.9 Å². The second-order valence-corrected chi connectivity index (χ2v) is 9.55. The van der Waals surface area contributed by atoms with E-state index in [1.165, 1.54) is 4.31 Å². The van der Waals surface area contributed by atoms with Crippen LogP contribution in [-0.4, -0.2) is 49.7 Å². The summed E-state index contributed by atoms with van der Waals surface area (Å²) in [4.78, 5) is 14.5. The molecule has 3 rings (SSSR count). The largest absolute Gasteiger partial charge is 0.340 e. The zero-order valence-corrected chi connectivity index (χ0v) is 17.9. The van der Waals surface area contributed by atoms with Crippen LogP contribution in [0.3, 0.4) is 0 Å². The van der Waals surface area contributed by atoms with E-state index in [-0.39, 0.29) is 30.3 Å². The number of aryl methyl sites for hydroxylation is 1. The van der Waals surface area contributed by atoms with Crippen molar-refractivity contribution in [2.45, 2.75) is 24.7 Å². The second kappa shape index (κ2) is 8.82. The number of halogens is 2. The van der Waals surface area contributed by atoms with Gasteiger partial charge in [0.1, 0.15) is 0 Å². The summed E-state index contributed by atoms with van der Waals surface area (Å²) in [6.45, 7) is 3.24. The van der Waals surface area contributed by atoms with Crippen LogP contribution in [0.2, 0.25) is 10.0 Å². The van der Waals surface area contributed by atoms with Crippen LogP contribution in [0.1, 0.15) is 17.5 Å². The van der Waals surface area contributed by atoms with Crippen LogP contribution in [0, 0.1) is 6.92 Å². The van der Waals surface area contributed by atoms with Crippen LogP contribution in [-0.2, 0) is 21.2 Å². The van der Waals surface area contributed by atoms with Gasteiger partial charge in [-0.15, -0.1) is 0 Å². The van der Waals surface area contributed by atoms with Crippen molar-refractivity contribution < 1.29 is 13.2 Å². The molecule has 0 saturated carbocycles. The summed E-state index contributed by atoms with van der Waals surface area (Å²) in [6.07, 6.45) is 0.743. The highest BCUT2D eigenvalue weighted by Gasteiger charge is 2.30. The fourth-order valence-electron chi connectivity index (χ4n) is 3.20. The van der Waals surface area contributed by atoms with Crippen LogP contribution in [0.25, 0.3) is 0 Å². The Morgan fingerprint density at radius 2 is 1.54 bits per heavy atom. The first kappa shape index (κ1) is 21.1. The number of sulfonamides is 1. The standard InChI is InChI=1S/C20H22Cl2N2O3S/c1-15-5-7-16(8-6-15)28(26,27)24-13-11-23(12-14-24)20(25)10-9-17-18(21)3-2-4-19(17)22/h2-8H,9-14H2,1H3. The molecule has 0 aromatic heterocycles. The molecule has 0 unspecified atom stereocenters. The lowest BCUT2D eigenvalue weighted by Crippen LogP contribution is -2.50. The predicted octanol–water partition coefficient (Wildman–Crippen LogP) is 3.77. The average Bonchev–Trinajstić information content (AvgIpc) is 2.68. The molecule has 0 atom stereocenters. The lowest BCUT2D eigenvalue weighted by molar-refractivity contribution is -0.132. The number of amides is 1. The summed E-state index contributed by atoms with van der Waals surface area (Å²) in [6, 6.07) is 12.1. The molecule has 5 nitrogen and oxygen atoms in total. The van der Waals surface area contributed by atoms with Gasteiger partial charge in [-0.3, -0.25) is 4.79 Å². The molecule has 2 aromatic carbocycles. The highest BCUT2D eigenvalue weighted by molar-refractivity contribution is 7.89. The lowest BCUT2D eigenvalue weighted by Gasteiger charge is -2.34. The van der Waals surface area contributed by atoms with E-state index in [0.717, 1.165) is 11.1 Å². The third kappa shape index (κ3) is 4.69. The molecule has 1 saturated heterocycles. The van der Waals surface area contributed by atoms with Gasteiger partial charge in [0.05, 0.1) is 4.90 Å². The summed E-state index contributed by atoms with van der Waals surface area (Å²) >= 11 is 12.3. The van der Waals surface area contributed by atoms with Crippen molar-refractivity contribution in [2.24, 2.45) is 0 Å². The monoisotopic (exact) mass is 440 g/mol. The summed E-state index contributed by atoms with van der Waals surface area (Å²) in [5.41, 5.74) is 1.77. The van der Waals surface area contributed by atoms with Crippen molar-refractivity contribution in [3.8, 4) is 0 Å². The highest BCUT2D eigenvalue weighted by Crippen LogP contribution is 2.26. The number of nitrogens with zero attached hydrogens (tertiary/aromatic N) is 2. The van der Waals surface area contributed by atoms with Crippen molar-refractivity contribution in [3.05, 3.63) is 63.6 Å². The van der Waals surface area contributed by atoms with Crippen LogP contribution >= 0.6 is 23.2 Å². The van der Waals surface area contributed by atoms with Gasteiger partial charge in [-0.25, -0.2) is 8.42 Å². The number of rotatable bonds is 5. The predicted molar refractivity (Wildman–Crippen MR) is 111 cm³/mol. The van der Waals surface area contributed by atoms with E-state index < -0.39 is 10.0 Å². The first-order chi connectivity index (χ1) is 13.3. The number of hydrogen-bond acceptors (Lipinski definition) is 3. The molecule has 0 spiro atoms. The van der Waals surface area contributed by atoms with E-state index in [4.69, 9.17) is 23.2 Å². The molecule has 2 aromatic rings. The zero-order chi connectivity index (χ0) is 20.3. The fourth-order valence-corrected chi connectivity index (χ4v) is 5.21. The van der Waals surface area contributed by atoms with E-state index in [2.05, 4.69) is 0 Å². The summed E-state index contributed by atoms with van der Waals surface area (Å²) < 4.78 is 26.9. The maximum atomic E-state index is 12.8. The summed E-state index contributed by atoms with van der Waals surface area (Å²) in [5, 5.41) is 1.10. The Bertz CT molecular complexity index is 934. The van der Waals surface area contributed by atoms with Crippen LogP contribution in [0.4, 0.5) is 0 Å². The van der Waals surface area contributed by atoms with Gasteiger partial charge in [0.15, 0.2) is 0 Å². The number of carbonyl (C=O) groups excluding carboxylic acids is 1. The minimum atomic E-state index is -3.53. The third-order valence-corrected chi connectivity index (χ3v) is 7.52. The molecule has 0 N–H and O–H groups in total. The maximum absolute atomic E-state index is 12.8. The molecule has 1 aliphatic rings. The van der Waals surface area contributed by atoms with Gasteiger partial charge in [-0.05, 0) is 43.2 Å². The molecule has 0 radical (unpaired) electrons. The Hall–Kier alpha value is -1.60. The van der Waals surface area contributed by atoms with E-state index in [1.54, 1.807) is 47.4 Å². The molecule has 1 fully saturated rings.